The topological polar surface area (TPSA) is 61.9 Å². The maximum atomic E-state index is 13.5. The van der Waals surface area contributed by atoms with Crippen molar-refractivity contribution in [1.29, 1.82) is 0 Å². The van der Waals surface area contributed by atoms with E-state index in [0.717, 1.165) is 17.0 Å². The molecule has 0 aliphatic carbocycles. The summed E-state index contributed by atoms with van der Waals surface area (Å²) in [6, 6.07) is 2.64. The van der Waals surface area contributed by atoms with Crippen LogP contribution in [0.4, 0.5) is 13.6 Å². The molecule has 6 nitrogen and oxygen atoms in total. The molecule has 0 radical (unpaired) electrons. The molecule has 1 aromatic rings. The van der Waals surface area contributed by atoms with Crippen molar-refractivity contribution < 1.29 is 23.1 Å². The highest BCUT2D eigenvalue weighted by molar-refractivity contribution is 6.07. The van der Waals surface area contributed by atoms with Crippen molar-refractivity contribution in [1.82, 2.24) is 15.1 Å². The monoisotopic (exact) mass is 353 g/mol. The minimum absolute atomic E-state index is 0.00194. The van der Waals surface area contributed by atoms with E-state index in [1.807, 2.05) is 18.7 Å². The van der Waals surface area contributed by atoms with Gasteiger partial charge in [0.05, 0.1) is 18.9 Å². The van der Waals surface area contributed by atoms with Crippen LogP contribution >= 0.6 is 0 Å². The van der Waals surface area contributed by atoms with E-state index in [-0.39, 0.29) is 24.4 Å². The van der Waals surface area contributed by atoms with Crippen molar-refractivity contribution >= 4 is 11.9 Å². The van der Waals surface area contributed by atoms with Gasteiger partial charge in [0, 0.05) is 13.1 Å². The Morgan fingerprint density at radius 2 is 1.84 bits per heavy atom. The number of benzene rings is 1. The van der Waals surface area contributed by atoms with Crippen molar-refractivity contribution in [2.24, 2.45) is 0 Å². The quantitative estimate of drug-likeness (QED) is 0.842. The Morgan fingerprint density at radius 3 is 2.44 bits per heavy atom. The standard InChI is InChI=1S/C17H21F2N3O3/c1-10-7-21(8-11(2)25-10)9-22-15(23)17(3,20-16(22)24)12-4-5-13(18)14(19)6-12/h4-6,10-11H,7-9H2,1-3H3,(H,20,24)/t10-,11+,17-/m1/s1. The van der Waals surface area contributed by atoms with Crippen LogP contribution in [0.3, 0.4) is 0 Å². The van der Waals surface area contributed by atoms with Crippen LogP contribution in [0.5, 0.6) is 0 Å². The van der Waals surface area contributed by atoms with Gasteiger partial charge in [-0.2, -0.15) is 0 Å². The Labute approximate surface area is 144 Å². The third kappa shape index (κ3) is 3.23. The molecule has 2 aliphatic rings. The lowest BCUT2D eigenvalue weighted by atomic mass is 9.92. The number of morpholine rings is 1. The molecule has 0 unspecified atom stereocenters. The normalized spacial score (nSPS) is 30.7. The molecule has 0 spiro atoms. The summed E-state index contributed by atoms with van der Waals surface area (Å²) in [5.74, 6) is -2.55. The Kier molecular flexibility index (Phi) is 4.51. The molecular formula is C17H21F2N3O3. The molecule has 3 atom stereocenters. The number of rotatable bonds is 3. The number of carbonyl (C=O) groups is 2. The molecule has 2 heterocycles. The first-order valence-electron chi connectivity index (χ1n) is 8.18. The molecule has 8 heteroatoms. The van der Waals surface area contributed by atoms with Crippen LogP contribution < -0.4 is 5.32 Å². The highest BCUT2D eigenvalue weighted by Crippen LogP contribution is 2.30. The van der Waals surface area contributed by atoms with E-state index >= 15 is 0 Å². The van der Waals surface area contributed by atoms with Gasteiger partial charge in [-0.3, -0.25) is 9.69 Å². The van der Waals surface area contributed by atoms with Gasteiger partial charge in [-0.15, -0.1) is 0 Å². The first-order valence-corrected chi connectivity index (χ1v) is 8.18. The first kappa shape index (κ1) is 17.8. The molecule has 1 N–H and O–H groups in total. The van der Waals surface area contributed by atoms with Gasteiger partial charge in [-0.05, 0) is 38.5 Å². The van der Waals surface area contributed by atoms with Crippen LogP contribution in [-0.4, -0.2) is 53.7 Å². The van der Waals surface area contributed by atoms with E-state index in [9.17, 15) is 18.4 Å². The van der Waals surface area contributed by atoms with Crippen LogP contribution in [0.2, 0.25) is 0 Å². The fourth-order valence-corrected chi connectivity index (χ4v) is 3.43. The Hall–Kier alpha value is -2.06. The summed E-state index contributed by atoms with van der Waals surface area (Å²) in [6.07, 6.45) is 0.00388. The number of amides is 3. The zero-order valence-corrected chi connectivity index (χ0v) is 14.4. The number of nitrogens with zero attached hydrogens (tertiary/aromatic N) is 2. The lowest BCUT2D eigenvalue weighted by molar-refractivity contribution is -0.135. The third-order valence-corrected chi connectivity index (χ3v) is 4.61. The van der Waals surface area contributed by atoms with Crippen LogP contribution in [0.15, 0.2) is 18.2 Å². The van der Waals surface area contributed by atoms with Gasteiger partial charge < -0.3 is 10.1 Å². The number of nitrogens with one attached hydrogen (secondary N) is 1. The fraction of sp³-hybridized carbons (Fsp3) is 0.529. The SMILES string of the molecule is C[C@@H]1CN(CN2C(=O)N[C@](C)(c3ccc(F)c(F)c3)C2=O)C[C@H](C)O1. The van der Waals surface area contributed by atoms with Gasteiger partial charge in [0.25, 0.3) is 5.91 Å². The molecule has 0 bridgehead atoms. The van der Waals surface area contributed by atoms with Crippen molar-refractivity contribution in [2.75, 3.05) is 19.8 Å². The first-order chi connectivity index (χ1) is 11.7. The van der Waals surface area contributed by atoms with Crippen LogP contribution in [0.25, 0.3) is 0 Å². The minimum Gasteiger partial charge on any atom is -0.373 e. The van der Waals surface area contributed by atoms with Gasteiger partial charge in [0.1, 0.15) is 5.54 Å². The molecule has 1 aromatic carbocycles. The second-order valence-corrected chi connectivity index (χ2v) is 6.85. The second-order valence-electron chi connectivity index (χ2n) is 6.85. The number of urea groups is 1. The number of ether oxygens (including phenoxy) is 1. The summed E-state index contributed by atoms with van der Waals surface area (Å²) in [6.45, 7) is 6.68. The maximum absolute atomic E-state index is 13.5. The zero-order valence-electron chi connectivity index (χ0n) is 14.4. The second kappa shape index (κ2) is 6.34. The van der Waals surface area contributed by atoms with Crippen molar-refractivity contribution in [3.63, 3.8) is 0 Å². The average molecular weight is 353 g/mol. The van der Waals surface area contributed by atoms with E-state index in [2.05, 4.69) is 5.32 Å². The smallest absolute Gasteiger partial charge is 0.326 e. The Bertz CT molecular complexity index is 704. The predicted molar refractivity (Wildman–Crippen MR) is 85.5 cm³/mol. The average Bonchev–Trinajstić information content (AvgIpc) is 2.73. The van der Waals surface area contributed by atoms with Gasteiger partial charge in [-0.25, -0.2) is 18.5 Å². The van der Waals surface area contributed by atoms with Crippen LogP contribution in [0.1, 0.15) is 26.3 Å². The number of carbonyl (C=O) groups excluding carboxylic acids is 2. The van der Waals surface area contributed by atoms with E-state index in [1.54, 1.807) is 0 Å². The van der Waals surface area contributed by atoms with Gasteiger partial charge in [-0.1, -0.05) is 6.07 Å². The largest absolute Gasteiger partial charge is 0.373 e. The summed E-state index contributed by atoms with van der Waals surface area (Å²) < 4.78 is 32.4. The molecule has 2 aliphatic heterocycles. The summed E-state index contributed by atoms with van der Waals surface area (Å²) >= 11 is 0. The van der Waals surface area contributed by atoms with E-state index in [4.69, 9.17) is 4.74 Å². The molecule has 0 aromatic heterocycles. The summed E-state index contributed by atoms with van der Waals surface area (Å²) in [5, 5.41) is 2.60. The number of hydrogen-bond acceptors (Lipinski definition) is 4. The lowest BCUT2D eigenvalue weighted by Crippen LogP contribution is -2.51. The van der Waals surface area contributed by atoms with E-state index < -0.39 is 29.1 Å². The number of hydrogen-bond donors (Lipinski definition) is 1. The zero-order chi connectivity index (χ0) is 18.4. The fourth-order valence-electron chi connectivity index (χ4n) is 3.43. The lowest BCUT2D eigenvalue weighted by Gasteiger charge is -2.36. The molecule has 3 rings (SSSR count). The molecule has 2 fully saturated rings. The summed E-state index contributed by atoms with van der Waals surface area (Å²) in [4.78, 5) is 28.2. The third-order valence-electron chi connectivity index (χ3n) is 4.61. The minimum atomic E-state index is -1.42. The number of halogens is 2. The van der Waals surface area contributed by atoms with Gasteiger partial charge >= 0.3 is 6.03 Å². The van der Waals surface area contributed by atoms with Gasteiger partial charge in [0.2, 0.25) is 0 Å². The highest BCUT2D eigenvalue weighted by atomic mass is 19.2. The predicted octanol–water partition coefficient (Wildman–Crippen LogP) is 1.80. The Morgan fingerprint density at radius 1 is 1.20 bits per heavy atom. The summed E-state index contributed by atoms with van der Waals surface area (Å²) in [7, 11) is 0. The van der Waals surface area contributed by atoms with Gasteiger partial charge in [0.15, 0.2) is 11.6 Å². The van der Waals surface area contributed by atoms with Crippen LogP contribution in [-0.2, 0) is 15.1 Å². The molecule has 3 amide bonds. The molecule has 0 saturated carbocycles. The Balaban J connectivity index is 1.80. The van der Waals surface area contributed by atoms with Crippen molar-refractivity contribution in [3.05, 3.63) is 35.4 Å². The highest BCUT2D eigenvalue weighted by Gasteiger charge is 2.49. The van der Waals surface area contributed by atoms with Crippen LogP contribution in [0, 0.1) is 11.6 Å². The maximum Gasteiger partial charge on any atom is 0.326 e. The van der Waals surface area contributed by atoms with Crippen molar-refractivity contribution in [3.8, 4) is 0 Å². The molecule has 2 saturated heterocycles. The van der Waals surface area contributed by atoms with E-state index in [1.165, 1.54) is 13.0 Å². The van der Waals surface area contributed by atoms with Crippen molar-refractivity contribution in [2.45, 2.75) is 38.5 Å². The molecule has 136 valence electrons. The molecular weight excluding hydrogens is 332 g/mol. The van der Waals surface area contributed by atoms with E-state index in [0.29, 0.717) is 13.1 Å². The molecule has 25 heavy (non-hydrogen) atoms. The summed E-state index contributed by atoms with van der Waals surface area (Å²) in [5.41, 5.74) is -1.22. The number of imide groups is 1.